The summed E-state index contributed by atoms with van der Waals surface area (Å²) >= 11 is 5.70. The summed E-state index contributed by atoms with van der Waals surface area (Å²) in [5.74, 6) is 1.79. The van der Waals surface area contributed by atoms with Crippen molar-refractivity contribution in [3.63, 3.8) is 0 Å². The van der Waals surface area contributed by atoms with Crippen molar-refractivity contribution in [2.24, 2.45) is 0 Å². The predicted molar refractivity (Wildman–Crippen MR) is 85.0 cm³/mol. The van der Waals surface area contributed by atoms with E-state index in [-0.39, 0.29) is 0 Å². The van der Waals surface area contributed by atoms with Crippen LogP contribution in [-0.4, -0.2) is 22.5 Å². The van der Waals surface area contributed by atoms with Crippen LogP contribution in [0.5, 0.6) is 5.88 Å². The quantitative estimate of drug-likeness (QED) is 0.671. The van der Waals surface area contributed by atoms with Crippen LogP contribution < -0.4 is 4.74 Å². The van der Waals surface area contributed by atoms with Crippen LogP contribution in [0.25, 0.3) is 10.9 Å². The second-order valence-corrected chi connectivity index (χ2v) is 5.04. The van der Waals surface area contributed by atoms with E-state index >= 15 is 0 Å². The van der Waals surface area contributed by atoms with Gasteiger partial charge in [0.25, 0.3) is 0 Å². The number of para-hydroxylation sites is 1. The third-order valence-electron chi connectivity index (χ3n) is 3.14. The molecule has 0 unspecified atom stereocenters. The van der Waals surface area contributed by atoms with Crippen LogP contribution in [0.3, 0.4) is 0 Å². The lowest BCUT2D eigenvalue weighted by Crippen LogP contribution is -2.05. The van der Waals surface area contributed by atoms with Gasteiger partial charge in [-0.25, -0.2) is 4.98 Å². The molecule has 0 aliphatic rings. The average molecular weight is 299 g/mol. The van der Waals surface area contributed by atoms with Gasteiger partial charge in [0.1, 0.15) is 12.4 Å². The van der Waals surface area contributed by atoms with Crippen LogP contribution in [0.2, 0.25) is 0 Å². The van der Waals surface area contributed by atoms with E-state index in [1.54, 1.807) is 0 Å². The van der Waals surface area contributed by atoms with Gasteiger partial charge in [-0.1, -0.05) is 42.5 Å². The second-order valence-electron chi connectivity index (χ2n) is 4.66. The highest BCUT2D eigenvalue weighted by atomic mass is 35.5. The molecule has 0 aliphatic carbocycles. The van der Waals surface area contributed by atoms with E-state index in [2.05, 4.69) is 22.1 Å². The second kappa shape index (κ2) is 6.55. The molecule has 106 valence electrons. The third kappa shape index (κ3) is 3.31. The van der Waals surface area contributed by atoms with Crippen LogP contribution in [0.1, 0.15) is 11.4 Å². The molecule has 0 saturated heterocycles. The van der Waals surface area contributed by atoms with Crippen LogP contribution in [0.4, 0.5) is 0 Å². The van der Waals surface area contributed by atoms with Gasteiger partial charge in [0, 0.05) is 6.42 Å². The van der Waals surface area contributed by atoms with Crippen LogP contribution >= 0.6 is 11.6 Å². The zero-order chi connectivity index (χ0) is 14.5. The van der Waals surface area contributed by atoms with E-state index < -0.39 is 0 Å². The van der Waals surface area contributed by atoms with Gasteiger partial charge in [-0.2, -0.15) is 4.98 Å². The molecular weight excluding hydrogens is 284 g/mol. The highest BCUT2D eigenvalue weighted by molar-refractivity contribution is 6.18. The highest BCUT2D eigenvalue weighted by Gasteiger charge is 2.09. The Morgan fingerprint density at radius 1 is 0.905 bits per heavy atom. The number of halogens is 1. The molecule has 0 N–H and O–H groups in total. The molecule has 0 spiro atoms. The van der Waals surface area contributed by atoms with Gasteiger partial charge >= 0.3 is 0 Å². The summed E-state index contributed by atoms with van der Waals surface area (Å²) in [6.07, 6.45) is 0.683. The molecule has 21 heavy (non-hydrogen) atoms. The Labute approximate surface area is 128 Å². The summed E-state index contributed by atoms with van der Waals surface area (Å²) in [5, 5.41) is 0.916. The lowest BCUT2D eigenvalue weighted by Gasteiger charge is -2.09. The molecule has 0 atom stereocenters. The van der Waals surface area contributed by atoms with Crippen molar-refractivity contribution in [2.75, 3.05) is 12.5 Å². The number of rotatable bonds is 5. The molecule has 0 bridgehead atoms. The molecule has 4 heteroatoms. The molecule has 3 aromatic rings. The van der Waals surface area contributed by atoms with Crippen molar-refractivity contribution in [1.29, 1.82) is 0 Å². The number of ether oxygens (including phenoxy) is 1. The van der Waals surface area contributed by atoms with Gasteiger partial charge in [0.2, 0.25) is 5.88 Å². The first-order valence-electron chi connectivity index (χ1n) is 6.85. The van der Waals surface area contributed by atoms with E-state index in [9.17, 15) is 0 Å². The zero-order valence-electron chi connectivity index (χ0n) is 11.5. The molecular formula is C17H15ClN2O. The number of aromatic nitrogens is 2. The smallest absolute Gasteiger partial charge is 0.224 e. The number of alkyl halides is 1. The van der Waals surface area contributed by atoms with Crippen molar-refractivity contribution < 1.29 is 4.74 Å². The Kier molecular flexibility index (Phi) is 4.31. The monoisotopic (exact) mass is 298 g/mol. The summed E-state index contributed by atoms with van der Waals surface area (Å²) in [5.41, 5.74) is 2.07. The van der Waals surface area contributed by atoms with Crippen molar-refractivity contribution in [3.8, 4) is 5.88 Å². The van der Waals surface area contributed by atoms with Crippen molar-refractivity contribution >= 4 is 22.5 Å². The van der Waals surface area contributed by atoms with Gasteiger partial charge in [-0.05, 0) is 17.7 Å². The molecule has 0 amide bonds. The zero-order valence-corrected chi connectivity index (χ0v) is 12.3. The number of hydrogen-bond acceptors (Lipinski definition) is 3. The van der Waals surface area contributed by atoms with Crippen molar-refractivity contribution in [1.82, 2.24) is 9.97 Å². The number of hydrogen-bond donors (Lipinski definition) is 0. The molecule has 1 heterocycles. The van der Waals surface area contributed by atoms with Gasteiger partial charge in [0.15, 0.2) is 0 Å². The lowest BCUT2D eigenvalue weighted by molar-refractivity contribution is 0.332. The van der Waals surface area contributed by atoms with E-state index in [1.165, 1.54) is 5.56 Å². The van der Waals surface area contributed by atoms with Gasteiger partial charge in [0.05, 0.1) is 16.8 Å². The van der Waals surface area contributed by atoms with Crippen LogP contribution in [-0.2, 0) is 6.42 Å². The van der Waals surface area contributed by atoms with Gasteiger partial charge < -0.3 is 4.74 Å². The average Bonchev–Trinajstić information content (AvgIpc) is 2.53. The maximum Gasteiger partial charge on any atom is 0.224 e. The Hall–Kier alpha value is -2.13. The molecule has 0 radical (unpaired) electrons. The van der Waals surface area contributed by atoms with Gasteiger partial charge in [-0.15, -0.1) is 11.6 Å². The Bertz CT molecular complexity index is 731. The SMILES string of the molecule is ClCCOc1nc(Cc2ccccc2)nc2ccccc12. The highest BCUT2D eigenvalue weighted by Crippen LogP contribution is 2.23. The minimum Gasteiger partial charge on any atom is -0.476 e. The Balaban J connectivity index is 1.99. The molecule has 0 saturated carbocycles. The molecule has 2 aromatic carbocycles. The summed E-state index contributed by atoms with van der Waals surface area (Å²) in [6.45, 7) is 0.438. The fraction of sp³-hybridized carbons (Fsp3) is 0.176. The topological polar surface area (TPSA) is 35.0 Å². The fourth-order valence-corrected chi connectivity index (χ4v) is 2.27. The Morgan fingerprint density at radius 3 is 2.48 bits per heavy atom. The maximum atomic E-state index is 5.70. The first-order valence-corrected chi connectivity index (χ1v) is 7.38. The van der Waals surface area contributed by atoms with Crippen LogP contribution in [0, 0.1) is 0 Å². The number of nitrogens with zero attached hydrogens (tertiary/aromatic N) is 2. The van der Waals surface area contributed by atoms with Crippen molar-refractivity contribution in [2.45, 2.75) is 6.42 Å². The fourth-order valence-electron chi connectivity index (χ4n) is 2.20. The number of benzene rings is 2. The van der Waals surface area contributed by atoms with E-state index in [4.69, 9.17) is 16.3 Å². The predicted octanol–water partition coefficient (Wildman–Crippen LogP) is 3.84. The standard InChI is InChI=1S/C17H15ClN2O/c18-10-11-21-17-14-8-4-5-9-15(14)19-16(20-17)12-13-6-2-1-3-7-13/h1-9H,10-12H2. The molecule has 3 nitrogen and oxygen atoms in total. The third-order valence-corrected chi connectivity index (χ3v) is 3.29. The summed E-state index contributed by atoms with van der Waals surface area (Å²) in [4.78, 5) is 9.16. The van der Waals surface area contributed by atoms with Crippen LogP contribution in [0.15, 0.2) is 54.6 Å². The normalized spacial score (nSPS) is 10.7. The summed E-state index contributed by atoms with van der Waals surface area (Å²) in [7, 11) is 0. The first-order chi connectivity index (χ1) is 10.4. The first kappa shape index (κ1) is 13.8. The number of fused-ring (bicyclic) bond motifs is 1. The van der Waals surface area contributed by atoms with E-state index in [0.29, 0.717) is 24.8 Å². The summed E-state index contributed by atoms with van der Waals surface area (Å²) in [6, 6.07) is 18.0. The lowest BCUT2D eigenvalue weighted by atomic mass is 10.1. The minimum atomic E-state index is 0.437. The van der Waals surface area contributed by atoms with E-state index in [1.807, 2.05) is 42.5 Å². The Morgan fingerprint density at radius 2 is 1.67 bits per heavy atom. The van der Waals surface area contributed by atoms with E-state index in [0.717, 1.165) is 16.7 Å². The van der Waals surface area contributed by atoms with Gasteiger partial charge in [-0.3, -0.25) is 0 Å². The molecule has 0 fully saturated rings. The molecule has 0 aliphatic heterocycles. The molecule has 1 aromatic heterocycles. The van der Waals surface area contributed by atoms with Crippen molar-refractivity contribution in [3.05, 3.63) is 66.0 Å². The minimum absolute atomic E-state index is 0.437. The maximum absolute atomic E-state index is 5.70. The molecule has 3 rings (SSSR count). The largest absolute Gasteiger partial charge is 0.476 e. The summed E-state index contributed by atoms with van der Waals surface area (Å²) < 4.78 is 5.66.